The zero-order valence-electron chi connectivity index (χ0n) is 16.1. The summed E-state index contributed by atoms with van der Waals surface area (Å²) in [7, 11) is 0. The fourth-order valence-corrected chi connectivity index (χ4v) is 3.15. The summed E-state index contributed by atoms with van der Waals surface area (Å²) in [4.78, 5) is 13.5. The lowest BCUT2D eigenvalue weighted by atomic mass is 10.1. The van der Waals surface area contributed by atoms with E-state index in [2.05, 4.69) is 20.6 Å². The Morgan fingerprint density at radius 2 is 1.77 bits per heavy atom. The molecular weight excluding hydrogens is 378 g/mol. The van der Waals surface area contributed by atoms with E-state index in [1.807, 2.05) is 72.9 Å². The third-order valence-electron chi connectivity index (χ3n) is 4.61. The van der Waals surface area contributed by atoms with Crippen LogP contribution in [0.25, 0.3) is 11.3 Å². The normalized spacial score (nSPS) is 11.9. The van der Waals surface area contributed by atoms with Crippen molar-refractivity contribution in [3.63, 3.8) is 0 Å². The highest BCUT2D eigenvalue weighted by atomic mass is 16.7. The second-order valence-corrected chi connectivity index (χ2v) is 6.74. The van der Waals surface area contributed by atoms with E-state index >= 15 is 0 Å². The van der Waals surface area contributed by atoms with Gasteiger partial charge in [0.2, 0.25) is 12.7 Å². The molecule has 3 heterocycles. The van der Waals surface area contributed by atoms with Gasteiger partial charge in [0.25, 0.3) is 0 Å². The van der Waals surface area contributed by atoms with Gasteiger partial charge in [-0.2, -0.15) is 4.98 Å². The summed E-state index contributed by atoms with van der Waals surface area (Å²) < 4.78 is 10.9. The van der Waals surface area contributed by atoms with Crippen LogP contribution in [-0.4, -0.2) is 21.7 Å². The zero-order chi connectivity index (χ0) is 20.2. The van der Waals surface area contributed by atoms with E-state index in [0.29, 0.717) is 24.1 Å². The van der Waals surface area contributed by atoms with E-state index in [1.54, 1.807) is 6.20 Å². The van der Waals surface area contributed by atoms with Crippen LogP contribution < -0.4 is 20.1 Å². The summed E-state index contributed by atoms with van der Waals surface area (Å²) >= 11 is 0. The Balaban J connectivity index is 1.44. The van der Waals surface area contributed by atoms with Gasteiger partial charge in [-0.3, -0.25) is 4.98 Å². The largest absolute Gasteiger partial charge is 0.454 e. The molecule has 2 aromatic carbocycles. The predicted octanol–water partition coefficient (Wildman–Crippen LogP) is 4.62. The molecule has 0 amide bonds. The van der Waals surface area contributed by atoms with Crippen molar-refractivity contribution < 1.29 is 9.47 Å². The molecule has 1 aliphatic heterocycles. The minimum Gasteiger partial charge on any atom is -0.454 e. The van der Waals surface area contributed by atoms with E-state index in [0.717, 1.165) is 28.3 Å². The minimum absolute atomic E-state index is 0.243. The van der Waals surface area contributed by atoms with Gasteiger partial charge in [0.1, 0.15) is 5.82 Å². The quantitative estimate of drug-likeness (QED) is 0.491. The van der Waals surface area contributed by atoms with Gasteiger partial charge < -0.3 is 20.1 Å². The van der Waals surface area contributed by atoms with Gasteiger partial charge in [-0.15, -0.1) is 0 Å². The molecule has 0 atom stereocenters. The first kappa shape index (κ1) is 17.9. The third-order valence-corrected chi connectivity index (χ3v) is 4.61. The number of pyridine rings is 1. The number of hydrogen-bond donors (Lipinski definition) is 2. The van der Waals surface area contributed by atoms with E-state index < -0.39 is 0 Å². The summed E-state index contributed by atoms with van der Waals surface area (Å²) in [5, 5.41) is 6.64. The highest BCUT2D eigenvalue weighted by molar-refractivity contribution is 5.68. The van der Waals surface area contributed by atoms with Crippen molar-refractivity contribution in [3.8, 4) is 22.8 Å². The Hall–Kier alpha value is -4.13. The monoisotopic (exact) mass is 397 g/mol. The zero-order valence-corrected chi connectivity index (χ0v) is 16.1. The van der Waals surface area contributed by atoms with Crippen LogP contribution in [0.15, 0.2) is 79.1 Å². The molecule has 0 radical (unpaired) electrons. The van der Waals surface area contributed by atoms with Crippen molar-refractivity contribution in [1.82, 2.24) is 15.0 Å². The second kappa shape index (κ2) is 8.08. The molecule has 0 aliphatic carbocycles. The molecule has 0 saturated carbocycles. The number of rotatable bonds is 6. The van der Waals surface area contributed by atoms with Crippen LogP contribution in [0.3, 0.4) is 0 Å². The van der Waals surface area contributed by atoms with Gasteiger partial charge in [0.15, 0.2) is 11.5 Å². The number of ether oxygens (including phenoxy) is 2. The summed E-state index contributed by atoms with van der Waals surface area (Å²) in [5.74, 6) is 2.67. The van der Waals surface area contributed by atoms with Crippen molar-refractivity contribution in [2.75, 3.05) is 17.4 Å². The first-order chi connectivity index (χ1) is 14.8. The highest BCUT2D eigenvalue weighted by Gasteiger charge is 2.14. The number of hydrogen-bond acceptors (Lipinski definition) is 7. The maximum Gasteiger partial charge on any atom is 0.231 e. The number of aromatic nitrogens is 3. The van der Waals surface area contributed by atoms with E-state index in [1.165, 1.54) is 0 Å². The van der Waals surface area contributed by atoms with Crippen molar-refractivity contribution >= 4 is 17.5 Å². The Morgan fingerprint density at radius 1 is 0.867 bits per heavy atom. The molecule has 2 N–H and O–H groups in total. The molecule has 30 heavy (non-hydrogen) atoms. The lowest BCUT2D eigenvalue weighted by Gasteiger charge is -2.12. The topological polar surface area (TPSA) is 81.2 Å². The number of nitrogens with one attached hydrogen (secondary N) is 2. The van der Waals surface area contributed by atoms with Crippen molar-refractivity contribution in [3.05, 3.63) is 84.7 Å². The van der Waals surface area contributed by atoms with Crippen molar-refractivity contribution in [1.29, 1.82) is 0 Å². The van der Waals surface area contributed by atoms with Gasteiger partial charge in [-0.05, 0) is 23.8 Å². The van der Waals surface area contributed by atoms with Gasteiger partial charge in [0.05, 0.1) is 5.69 Å². The van der Waals surface area contributed by atoms with Gasteiger partial charge in [-0.1, -0.05) is 36.4 Å². The number of benzene rings is 2. The van der Waals surface area contributed by atoms with E-state index in [-0.39, 0.29) is 6.79 Å². The molecule has 7 nitrogen and oxygen atoms in total. The van der Waals surface area contributed by atoms with Crippen molar-refractivity contribution in [2.24, 2.45) is 0 Å². The minimum atomic E-state index is 0.243. The molecule has 2 aromatic heterocycles. The van der Waals surface area contributed by atoms with Crippen LogP contribution in [0.5, 0.6) is 11.5 Å². The summed E-state index contributed by atoms with van der Waals surface area (Å²) in [6.07, 6.45) is 3.57. The smallest absolute Gasteiger partial charge is 0.231 e. The van der Waals surface area contributed by atoms with Crippen molar-refractivity contribution in [2.45, 2.75) is 6.54 Å². The highest BCUT2D eigenvalue weighted by Crippen LogP contribution is 2.35. The Labute approximate surface area is 173 Å². The number of fused-ring (bicyclic) bond motifs is 1. The Morgan fingerprint density at radius 3 is 2.63 bits per heavy atom. The number of nitrogens with zero attached hydrogens (tertiary/aromatic N) is 3. The molecule has 0 unspecified atom stereocenters. The second-order valence-electron chi connectivity index (χ2n) is 6.74. The van der Waals surface area contributed by atoms with Crippen LogP contribution in [0.2, 0.25) is 0 Å². The lowest BCUT2D eigenvalue weighted by molar-refractivity contribution is 0.174. The van der Waals surface area contributed by atoms with Gasteiger partial charge in [0, 0.05) is 42.3 Å². The lowest BCUT2D eigenvalue weighted by Crippen LogP contribution is -2.06. The summed E-state index contributed by atoms with van der Waals surface area (Å²) in [6, 6.07) is 21.6. The standard InChI is InChI=1S/C23H19N5O2/c1-2-6-17(7-3-1)19-12-22(26-18-8-9-20-21(11-18)30-15-29-20)28-23(27-19)25-14-16-5-4-10-24-13-16/h1-13H,14-15H2,(H2,25,26,27,28). The molecule has 0 fully saturated rings. The molecule has 4 aromatic rings. The number of anilines is 3. The van der Waals surface area contributed by atoms with Crippen LogP contribution in [0.1, 0.15) is 5.56 Å². The SMILES string of the molecule is c1ccc(-c2cc(Nc3ccc4c(c3)OCO4)nc(NCc3cccnc3)n2)cc1. The fourth-order valence-electron chi connectivity index (χ4n) is 3.15. The third kappa shape index (κ3) is 4.00. The summed E-state index contributed by atoms with van der Waals surface area (Å²) in [6.45, 7) is 0.822. The average Bonchev–Trinajstić information content (AvgIpc) is 3.27. The molecule has 0 saturated heterocycles. The van der Waals surface area contributed by atoms with Gasteiger partial charge >= 0.3 is 0 Å². The molecule has 1 aliphatic rings. The molecule has 148 valence electrons. The van der Waals surface area contributed by atoms with Crippen LogP contribution >= 0.6 is 0 Å². The molecular formula is C23H19N5O2. The average molecular weight is 397 g/mol. The van der Waals surface area contributed by atoms with Gasteiger partial charge in [-0.25, -0.2) is 4.98 Å². The molecule has 0 bridgehead atoms. The molecule has 5 rings (SSSR count). The maximum absolute atomic E-state index is 5.47. The predicted molar refractivity (Wildman–Crippen MR) is 115 cm³/mol. The molecule has 7 heteroatoms. The first-order valence-electron chi connectivity index (χ1n) is 9.57. The van der Waals surface area contributed by atoms with Crippen LogP contribution in [0.4, 0.5) is 17.5 Å². The Bertz CT molecular complexity index is 1150. The van der Waals surface area contributed by atoms with E-state index in [4.69, 9.17) is 14.5 Å². The van der Waals surface area contributed by atoms with Crippen LogP contribution in [0, 0.1) is 0 Å². The first-order valence-corrected chi connectivity index (χ1v) is 9.57. The van der Waals surface area contributed by atoms with E-state index in [9.17, 15) is 0 Å². The summed E-state index contributed by atoms with van der Waals surface area (Å²) in [5.41, 5.74) is 3.74. The maximum atomic E-state index is 5.47. The fraction of sp³-hybridized carbons (Fsp3) is 0.0870. The van der Waals surface area contributed by atoms with Crippen LogP contribution in [-0.2, 0) is 6.54 Å². The molecule has 0 spiro atoms. The Kier molecular flexibility index (Phi) is 4.83.